The number of hydrogen-bond acceptors (Lipinski definition) is 1. The van der Waals surface area contributed by atoms with Gasteiger partial charge in [-0.3, -0.25) is 0 Å². The second-order valence-electron chi connectivity index (χ2n) is 6.84. The Morgan fingerprint density at radius 2 is 1.50 bits per heavy atom. The van der Waals surface area contributed by atoms with Crippen molar-refractivity contribution in [2.75, 3.05) is 7.05 Å². The molecule has 0 bridgehead atoms. The highest BCUT2D eigenvalue weighted by atomic mass is 14.9. The first-order chi connectivity index (χ1) is 7.28. The van der Waals surface area contributed by atoms with E-state index in [1.807, 2.05) is 0 Å². The molecule has 0 aliphatic carbocycles. The van der Waals surface area contributed by atoms with Crippen LogP contribution in [0.5, 0.6) is 0 Å². The van der Waals surface area contributed by atoms with Crippen LogP contribution < -0.4 is 5.32 Å². The van der Waals surface area contributed by atoms with Crippen LogP contribution in [-0.4, -0.2) is 13.1 Å². The quantitative estimate of drug-likeness (QED) is 0.676. The summed E-state index contributed by atoms with van der Waals surface area (Å²) in [5, 5.41) is 3.48. The van der Waals surface area contributed by atoms with E-state index in [1.54, 1.807) is 0 Å². The van der Waals surface area contributed by atoms with Gasteiger partial charge in [-0.05, 0) is 43.6 Å². The number of nitrogens with one attached hydrogen (secondary N) is 1. The van der Waals surface area contributed by atoms with Gasteiger partial charge in [0, 0.05) is 6.04 Å². The van der Waals surface area contributed by atoms with Crippen molar-refractivity contribution < 1.29 is 0 Å². The van der Waals surface area contributed by atoms with E-state index >= 15 is 0 Å². The second kappa shape index (κ2) is 7.32. The fourth-order valence-corrected chi connectivity index (χ4v) is 2.60. The van der Waals surface area contributed by atoms with Crippen LogP contribution in [-0.2, 0) is 0 Å². The van der Waals surface area contributed by atoms with Crippen molar-refractivity contribution in [2.24, 2.45) is 17.3 Å². The van der Waals surface area contributed by atoms with Gasteiger partial charge in [0.2, 0.25) is 0 Å². The maximum atomic E-state index is 3.48. The van der Waals surface area contributed by atoms with Gasteiger partial charge in [0.25, 0.3) is 0 Å². The molecule has 0 rings (SSSR count). The first-order valence-corrected chi connectivity index (χ1v) is 6.95. The molecular weight excluding hydrogens is 194 g/mol. The van der Waals surface area contributed by atoms with E-state index in [0.717, 1.165) is 11.8 Å². The van der Waals surface area contributed by atoms with Crippen molar-refractivity contribution in [3.8, 4) is 0 Å². The predicted molar refractivity (Wildman–Crippen MR) is 74.8 cm³/mol. The van der Waals surface area contributed by atoms with E-state index in [2.05, 4.69) is 53.9 Å². The van der Waals surface area contributed by atoms with Gasteiger partial charge in [0.05, 0.1) is 0 Å². The zero-order chi connectivity index (χ0) is 12.8. The lowest BCUT2D eigenvalue weighted by Crippen LogP contribution is -2.30. The van der Waals surface area contributed by atoms with E-state index in [9.17, 15) is 0 Å². The summed E-state index contributed by atoms with van der Waals surface area (Å²) in [6.45, 7) is 14.1. The summed E-state index contributed by atoms with van der Waals surface area (Å²) < 4.78 is 0. The lowest BCUT2D eigenvalue weighted by atomic mass is 9.81. The van der Waals surface area contributed by atoms with Crippen LogP contribution in [0.15, 0.2) is 0 Å². The SMILES string of the molecule is CCC(C)CC(CC(C)CC(C)(C)C)NC. The van der Waals surface area contributed by atoms with Crippen LogP contribution in [0.2, 0.25) is 0 Å². The molecule has 0 aromatic heterocycles. The molecule has 0 saturated heterocycles. The van der Waals surface area contributed by atoms with Crippen molar-refractivity contribution in [1.29, 1.82) is 0 Å². The van der Waals surface area contributed by atoms with E-state index in [-0.39, 0.29) is 0 Å². The molecule has 98 valence electrons. The summed E-state index contributed by atoms with van der Waals surface area (Å²) in [6.07, 6.45) is 5.26. The Hall–Kier alpha value is -0.0400. The maximum absolute atomic E-state index is 3.48. The molecular formula is C15H33N. The first-order valence-electron chi connectivity index (χ1n) is 6.95. The molecule has 1 nitrogen and oxygen atoms in total. The van der Waals surface area contributed by atoms with Gasteiger partial charge in [-0.2, -0.15) is 0 Å². The van der Waals surface area contributed by atoms with E-state index in [0.29, 0.717) is 11.5 Å². The normalized spacial score (nSPS) is 18.2. The lowest BCUT2D eigenvalue weighted by Gasteiger charge is -2.27. The standard InChI is InChI=1S/C15H33N/c1-8-12(2)9-14(16-7)10-13(3)11-15(4,5)6/h12-14,16H,8-11H2,1-7H3. The average molecular weight is 227 g/mol. The monoisotopic (exact) mass is 227 g/mol. The summed E-state index contributed by atoms with van der Waals surface area (Å²) in [5.74, 6) is 1.67. The maximum Gasteiger partial charge on any atom is 0.00691 e. The molecule has 0 aromatic rings. The molecule has 1 N–H and O–H groups in total. The molecule has 0 spiro atoms. The summed E-state index contributed by atoms with van der Waals surface area (Å²) in [5.41, 5.74) is 0.466. The Morgan fingerprint density at radius 1 is 1.00 bits per heavy atom. The second-order valence-corrected chi connectivity index (χ2v) is 6.84. The third kappa shape index (κ3) is 8.15. The van der Waals surface area contributed by atoms with Crippen molar-refractivity contribution >= 4 is 0 Å². The molecule has 0 heterocycles. The summed E-state index contributed by atoms with van der Waals surface area (Å²) in [6, 6.07) is 0.701. The minimum absolute atomic E-state index is 0.466. The van der Waals surface area contributed by atoms with Crippen LogP contribution >= 0.6 is 0 Å². The molecule has 16 heavy (non-hydrogen) atoms. The van der Waals surface area contributed by atoms with Crippen molar-refractivity contribution in [2.45, 2.75) is 73.3 Å². The zero-order valence-corrected chi connectivity index (χ0v) is 12.6. The van der Waals surface area contributed by atoms with E-state index in [1.165, 1.54) is 25.7 Å². The molecule has 3 atom stereocenters. The average Bonchev–Trinajstić information content (AvgIpc) is 2.13. The van der Waals surface area contributed by atoms with Crippen molar-refractivity contribution in [1.82, 2.24) is 5.32 Å². The highest BCUT2D eigenvalue weighted by molar-refractivity contribution is 4.74. The largest absolute Gasteiger partial charge is 0.317 e. The first kappa shape index (κ1) is 16.0. The van der Waals surface area contributed by atoms with Crippen LogP contribution in [0.1, 0.15) is 67.2 Å². The molecule has 0 radical (unpaired) electrons. The van der Waals surface area contributed by atoms with E-state index in [4.69, 9.17) is 0 Å². The number of hydrogen-bond donors (Lipinski definition) is 1. The molecule has 0 fully saturated rings. The molecule has 1 heteroatoms. The van der Waals surface area contributed by atoms with E-state index < -0.39 is 0 Å². The van der Waals surface area contributed by atoms with Gasteiger partial charge < -0.3 is 5.32 Å². The molecule has 0 saturated carbocycles. The lowest BCUT2D eigenvalue weighted by molar-refractivity contribution is 0.264. The van der Waals surface area contributed by atoms with Gasteiger partial charge in [-0.15, -0.1) is 0 Å². The smallest absolute Gasteiger partial charge is 0.00691 e. The summed E-state index contributed by atoms with van der Waals surface area (Å²) >= 11 is 0. The number of rotatable bonds is 7. The Bertz CT molecular complexity index is 169. The van der Waals surface area contributed by atoms with Crippen molar-refractivity contribution in [3.63, 3.8) is 0 Å². The third-order valence-corrected chi connectivity index (χ3v) is 3.44. The van der Waals surface area contributed by atoms with Crippen LogP contribution in [0.4, 0.5) is 0 Å². The third-order valence-electron chi connectivity index (χ3n) is 3.44. The predicted octanol–water partition coefficient (Wildman–Crippen LogP) is 4.47. The highest BCUT2D eigenvalue weighted by Gasteiger charge is 2.19. The molecule has 0 amide bonds. The molecule has 0 aliphatic heterocycles. The summed E-state index contributed by atoms with van der Waals surface area (Å²) in [7, 11) is 2.11. The minimum Gasteiger partial charge on any atom is -0.317 e. The Morgan fingerprint density at radius 3 is 1.88 bits per heavy atom. The van der Waals surface area contributed by atoms with Gasteiger partial charge in [0.1, 0.15) is 0 Å². The Kier molecular flexibility index (Phi) is 7.30. The molecule has 0 aromatic carbocycles. The fourth-order valence-electron chi connectivity index (χ4n) is 2.60. The van der Waals surface area contributed by atoms with Crippen LogP contribution in [0.3, 0.4) is 0 Å². The molecule has 3 unspecified atom stereocenters. The van der Waals surface area contributed by atoms with Crippen LogP contribution in [0, 0.1) is 17.3 Å². The van der Waals surface area contributed by atoms with Gasteiger partial charge in [0.15, 0.2) is 0 Å². The minimum atomic E-state index is 0.466. The fraction of sp³-hybridized carbons (Fsp3) is 1.00. The molecule has 0 aliphatic rings. The van der Waals surface area contributed by atoms with Gasteiger partial charge >= 0.3 is 0 Å². The Labute approximate surface area is 103 Å². The van der Waals surface area contributed by atoms with Gasteiger partial charge in [-0.25, -0.2) is 0 Å². The van der Waals surface area contributed by atoms with Gasteiger partial charge in [-0.1, -0.05) is 48.0 Å². The zero-order valence-electron chi connectivity index (χ0n) is 12.6. The summed E-state index contributed by atoms with van der Waals surface area (Å²) in [4.78, 5) is 0. The van der Waals surface area contributed by atoms with Crippen molar-refractivity contribution in [3.05, 3.63) is 0 Å². The van der Waals surface area contributed by atoms with Crippen LogP contribution in [0.25, 0.3) is 0 Å². The highest BCUT2D eigenvalue weighted by Crippen LogP contribution is 2.27. The Balaban J connectivity index is 4.01. The topological polar surface area (TPSA) is 12.0 Å².